The molecule has 1 aromatic carbocycles. The van der Waals surface area contributed by atoms with E-state index in [0.29, 0.717) is 10.7 Å². The van der Waals surface area contributed by atoms with Gasteiger partial charge in [-0.05, 0) is 18.4 Å². The van der Waals surface area contributed by atoms with Crippen LogP contribution in [0.25, 0.3) is 0 Å². The molecule has 0 aliphatic rings. The fourth-order valence-corrected chi connectivity index (χ4v) is 2.84. The van der Waals surface area contributed by atoms with Gasteiger partial charge in [-0.15, -0.1) is 0 Å². The van der Waals surface area contributed by atoms with Crippen molar-refractivity contribution in [3.05, 3.63) is 43.9 Å². The average Bonchev–Trinajstić information content (AvgIpc) is 2.46. The van der Waals surface area contributed by atoms with Gasteiger partial charge in [0.05, 0.1) is 22.5 Å². The quantitative estimate of drug-likeness (QED) is 0.187. The number of nitrogens with zero attached hydrogens (tertiary/aromatic N) is 3. The van der Waals surface area contributed by atoms with Gasteiger partial charge in [0.2, 0.25) is 0 Å². The summed E-state index contributed by atoms with van der Waals surface area (Å²) in [4.78, 5) is 8.04. The highest BCUT2D eigenvalue weighted by Gasteiger charge is 2.10. The predicted molar refractivity (Wildman–Crippen MR) is 91.5 cm³/mol. The van der Waals surface area contributed by atoms with Crippen molar-refractivity contribution >= 4 is 70.1 Å². The van der Waals surface area contributed by atoms with Gasteiger partial charge in [0.1, 0.15) is 10.3 Å². The normalized spacial score (nSPS) is 11.2. The standard InChI is InChI=1S/C12H7Cl4FN4S/c1-22-12-19-10(15)6(11(16)20-12)4-18-21-8-3-5(13)2-7(14)9(8)17/h2-4,21H,1H3/b18-4+. The largest absolute Gasteiger partial charge is 0.275 e. The molecule has 0 saturated carbocycles. The highest BCUT2D eigenvalue weighted by molar-refractivity contribution is 7.98. The van der Waals surface area contributed by atoms with Crippen molar-refractivity contribution in [3.8, 4) is 0 Å². The van der Waals surface area contributed by atoms with E-state index >= 15 is 0 Å². The second-order valence-electron chi connectivity index (χ2n) is 3.82. The molecule has 2 aromatic rings. The van der Waals surface area contributed by atoms with E-state index in [1.807, 2.05) is 0 Å². The van der Waals surface area contributed by atoms with Crippen LogP contribution in [-0.4, -0.2) is 22.4 Å². The van der Waals surface area contributed by atoms with Crippen molar-refractivity contribution in [2.45, 2.75) is 5.16 Å². The number of thioether (sulfide) groups is 1. The van der Waals surface area contributed by atoms with E-state index in [2.05, 4.69) is 20.5 Å². The molecule has 0 aliphatic carbocycles. The molecule has 1 N–H and O–H groups in total. The molecular formula is C12H7Cl4FN4S. The van der Waals surface area contributed by atoms with Gasteiger partial charge in [0.25, 0.3) is 0 Å². The van der Waals surface area contributed by atoms with Crippen LogP contribution in [0.2, 0.25) is 20.4 Å². The van der Waals surface area contributed by atoms with Crippen LogP contribution < -0.4 is 5.43 Å². The fraction of sp³-hybridized carbons (Fsp3) is 0.0833. The first kappa shape index (κ1) is 17.6. The Bertz CT molecular complexity index is 718. The molecule has 0 bridgehead atoms. The summed E-state index contributed by atoms with van der Waals surface area (Å²) in [6, 6.07) is 2.63. The first-order chi connectivity index (χ1) is 10.4. The zero-order valence-corrected chi connectivity index (χ0v) is 14.7. The summed E-state index contributed by atoms with van der Waals surface area (Å²) < 4.78 is 13.8. The number of rotatable bonds is 4. The van der Waals surface area contributed by atoms with Gasteiger partial charge in [0.15, 0.2) is 11.0 Å². The number of anilines is 1. The third-order valence-electron chi connectivity index (χ3n) is 2.39. The van der Waals surface area contributed by atoms with Crippen LogP contribution in [-0.2, 0) is 0 Å². The summed E-state index contributed by atoms with van der Waals surface area (Å²) in [6.45, 7) is 0. The molecule has 0 unspecified atom stereocenters. The molecule has 0 fully saturated rings. The smallest absolute Gasteiger partial charge is 0.190 e. The van der Waals surface area contributed by atoms with E-state index in [0.717, 1.165) is 0 Å². The molecule has 22 heavy (non-hydrogen) atoms. The summed E-state index contributed by atoms with van der Waals surface area (Å²) in [5.41, 5.74) is 2.80. The first-order valence-electron chi connectivity index (χ1n) is 5.63. The van der Waals surface area contributed by atoms with Gasteiger partial charge in [-0.2, -0.15) is 5.10 Å². The molecule has 0 saturated heterocycles. The lowest BCUT2D eigenvalue weighted by atomic mass is 10.3. The summed E-state index contributed by atoms with van der Waals surface area (Å²) in [5, 5.41) is 4.71. The lowest BCUT2D eigenvalue weighted by Gasteiger charge is -2.05. The molecule has 1 aromatic heterocycles. The Balaban J connectivity index is 2.24. The van der Waals surface area contributed by atoms with Crippen LogP contribution in [0.4, 0.5) is 10.1 Å². The van der Waals surface area contributed by atoms with E-state index < -0.39 is 5.82 Å². The number of benzene rings is 1. The van der Waals surface area contributed by atoms with E-state index in [4.69, 9.17) is 46.4 Å². The molecule has 0 aliphatic heterocycles. The number of halogens is 5. The zero-order chi connectivity index (χ0) is 16.3. The van der Waals surface area contributed by atoms with Crippen LogP contribution in [0.1, 0.15) is 5.56 Å². The van der Waals surface area contributed by atoms with Crippen LogP contribution in [0.5, 0.6) is 0 Å². The fourth-order valence-electron chi connectivity index (χ4n) is 1.40. The minimum atomic E-state index is -0.672. The molecule has 0 amide bonds. The summed E-state index contributed by atoms with van der Waals surface area (Å²) in [5.74, 6) is -0.672. The van der Waals surface area contributed by atoms with Gasteiger partial charge in [-0.25, -0.2) is 14.4 Å². The predicted octanol–water partition coefficient (Wildman–Crippen LogP) is 5.40. The molecule has 1 heterocycles. The zero-order valence-electron chi connectivity index (χ0n) is 10.9. The Morgan fingerprint density at radius 2 is 1.82 bits per heavy atom. The number of nitrogens with one attached hydrogen (secondary N) is 1. The summed E-state index contributed by atoms with van der Waals surface area (Å²) in [7, 11) is 0. The van der Waals surface area contributed by atoms with Crippen LogP contribution in [0, 0.1) is 5.82 Å². The molecule has 116 valence electrons. The Labute approximate surface area is 150 Å². The molecule has 4 nitrogen and oxygen atoms in total. The third kappa shape index (κ3) is 4.14. The monoisotopic (exact) mass is 398 g/mol. The van der Waals surface area contributed by atoms with Gasteiger partial charge < -0.3 is 0 Å². The Hall–Kier alpha value is -0.790. The molecule has 10 heteroatoms. The molecule has 0 radical (unpaired) electrons. The van der Waals surface area contributed by atoms with Gasteiger partial charge >= 0.3 is 0 Å². The van der Waals surface area contributed by atoms with Crippen molar-refractivity contribution < 1.29 is 4.39 Å². The average molecular weight is 400 g/mol. The highest BCUT2D eigenvalue weighted by atomic mass is 35.5. The SMILES string of the molecule is CSc1nc(Cl)c(/C=N/Nc2cc(Cl)cc(Cl)c2F)c(Cl)n1. The van der Waals surface area contributed by atoms with E-state index in [9.17, 15) is 4.39 Å². The lowest BCUT2D eigenvalue weighted by Crippen LogP contribution is -1.98. The summed E-state index contributed by atoms with van der Waals surface area (Å²) >= 11 is 24.8. The van der Waals surface area contributed by atoms with Gasteiger partial charge in [0, 0.05) is 5.02 Å². The minimum absolute atomic E-state index is 0.0163. The number of aromatic nitrogens is 2. The highest BCUT2D eigenvalue weighted by Crippen LogP contribution is 2.27. The maximum atomic E-state index is 13.8. The third-order valence-corrected chi connectivity index (χ3v) is 4.00. The second-order valence-corrected chi connectivity index (χ2v) is 6.16. The van der Waals surface area contributed by atoms with Gasteiger partial charge in [-0.1, -0.05) is 58.2 Å². The molecule has 2 rings (SSSR count). The van der Waals surface area contributed by atoms with Gasteiger partial charge in [-0.3, -0.25) is 5.43 Å². The van der Waals surface area contributed by atoms with E-state index in [-0.39, 0.29) is 26.0 Å². The number of hydrazone groups is 1. The lowest BCUT2D eigenvalue weighted by molar-refractivity contribution is 0.631. The maximum absolute atomic E-state index is 13.8. The summed E-state index contributed by atoms with van der Waals surface area (Å²) in [6.07, 6.45) is 3.08. The van der Waals surface area contributed by atoms with Crippen LogP contribution >= 0.6 is 58.2 Å². The Morgan fingerprint density at radius 3 is 2.41 bits per heavy atom. The van der Waals surface area contributed by atoms with Crippen molar-refractivity contribution in [2.24, 2.45) is 5.10 Å². The molecular weight excluding hydrogens is 393 g/mol. The number of hydrogen-bond acceptors (Lipinski definition) is 5. The Morgan fingerprint density at radius 1 is 1.18 bits per heavy atom. The van der Waals surface area contributed by atoms with Crippen molar-refractivity contribution in [1.82, 2.24) is 9.97 Å². The molecule has 0 spiro atoms. The Kier molecular flexibility index (Phi) is 6.11. The minimum Gasteiger partial charge on any atom is -0.275 e. The van der Waals surface area contributed by atoms with E-state index in [1.165, 1.54) is 30.1 Å². The molecule has 0 atom stereocenters. The second kappa shape index (κ2) is 7.66. The first-order valence-corrected chi connectivity index (χ1v) is 8.36. The maximum Gasteiger partial charge on any atom is 0.190 e. The number of hydrogen-bond donors (Lipinski definition) is 1. The van der Waals surface area contributed by atoms with Crippen LogP contribution in [0.15, 0.2) is 22.4 Å². The van der Waals surface area contributed by atoms with Crippen molar-refractivity contribution in [2.75, 3.05) is 11.7 Å². The van der Waals surface area contributed by atoms with Crippen molar-refractivity contribution in [3.63, 3.8) is 0 Å². The van der Waals surface area contributed by atoms with Crippen molar-refractivity contribution in [1.29, 1.82) is 0 Å². The van der Waals surface area contributed by atoms with Crippen LogP contribution in [0.3, 0.4) is 0 Å². The van der Waals surface area contributed by atoms with E-state index in [1.54, 1.807) is 6.26 Å². The topological polar surface area (TPSA) is 50.2 Å².